The molecule has 0 spiro atoms. The van der Waals surface area contributed by atoms with Crippen LogP contribution in [0.5, 0.6) is 0 Å². The number of halogens is 1. The van der Waals surface area contributed by atoms with E-state index >= 15 is 0 Å². The lowest BCUT2D eigenvalue weighted by Gasteiger charge is -2.32. The van der Waals surface area contributed by atoms with Crippen LogP contribution in [0.1, 0.15) is 28.8 Å². The van der Waals surface area contributed by atoms with Crippen LogP contribution >= 0.6 is 12.4 Å². The van der Waals surface area contributed by atoms with E-state index in [9.17, 15) is 18.0 Å². The van der Waals surface area contributed by atoms with E-state index in [1.807, 2.05) is 6.92 Å². The van der Waals surface area contributed by atoms with Gasteiger partial charge in [-0.05, 0) is 31.9 Å². The van der Waals surface area contributed by atoms with Crippen molar-refractivity contribution >= 4 is 39.9 Å². The van der Waals surface area contributed by atoms with E-state index in [-0.39, 0.29) is 35.8 Å². The molecule has 152 valence electrons. The molecule has 0 aliphatic carbocycles. The molecule has 2 rings (SSSR count). The summed E-state index contributed by atoms with van der Waals surface area (Å²) >= 11 is 0. The fourth-order valence-corrected chi connectivity index (χ4v) is 3.59. The Morgan fingerprint density at radius 1 is 1.33 bits per heavy atom. The summed E-state index contributed by atoms with van der Waals surface area (Å²) in [7, 11) is -3.51. The maximum absolute atomic E-state index is 13.0. The number of carbonyl (C=O) groups excluding carboxylic acids is 2. The third kappa shape index (κ3) is 6.67. The Hall–Kier alpha value is -1.84. The van der Waals surface area contributed by atoms with Gasteiger partial charge in [-0.25, -0.2) is 8.42 Å². The number of carbonyl (C=O) groups is 2. The van der Waals surface area contributed by atoms with Crippen molar-refractivity contribution in [3.63, 3.8) is 0 Å². The summed E-state index contributed by atoms with van der Waals surface area (Å²) in [5.74, 6) is -0.668. The first-order chi connectivity index (χ1) is 12.2. The molecule has 1 unspecified atom stereocenters. The molecule has 1 aliphatic rings. The van der Waals surface area contributed by atoms with Crippen molar-refractivity contribution in [1.29, 1.82) is 0 Å². The number of nitrogens with two attached hydrogens (primary N) is 1. The lowest BCUT2D eigenvalue weighted by atomic mass is 9.96. The summed E-state index contributed by atoms with van der Waals surface area (Å²) in [5, 5.41) is 2.76. The van der Waals surface area contributed by atoms with Gasteiger partial charge in [0.15, 0.2) is 0 Å². The molecule has 8 nitrogen and oxygen atoms in total. The maximum Gasteiger partial charge on any atom is 0.256 e. The lowest BCUT2D eigenvalue weighted by molar-refractivity contribution is -0.126. The number of nitrogens with one attached hydrogen (secondary N) is 2. The first-order valence-electron chi connectivity index (χ1n) is 8.57. The van der Waals surface area contributed by atoms with Crippen molar-refractivity contribution in [2.24, 2.45) is 11.7 Å². The van der Waals surface area contributed by atoms with Crippen LogP contribution in [0.15, 0.2) is 18.2 Å². The number of benzene rings is 1. The first-order valence-corrected chi connectivity index (χ1v) is 10.5. The van der Waals surface area contributed by atoms with E-state index in [2.05, 4.69) is 10.0 Å². The summed E-state index contributed by atoms with van der Waals surface area (Å²) in [4.78, 5) is 26.8. The van der Waals surface area contributed by atoms with Gasteiger partial charge in [0.1, 0.15) is 0 Å². The molecule has 1 aliphatic heterocycles. The highest BCUT2D eigenvalue weighted by Crippen LogP contribution is 2.24. The minimum atomic E-state index is -3.51. The third-order valence-corrected chi connectivity index (χ3v) is 4.81. The van der Waals surface area contributed by atoms with Gasteiger partial charge in [-0.1, -0.05) is 11.6 Å². The van der Waals surface area contributed by atoms with Gasteiger partial charge in [-0.2, -0.15) is 0 Å². The van der Waals surface area contributed by atoms with Crippen LogP contribution < -0.4 is 15.8 Å². The van der Waals surface area contributed by atoms with E-state index < -0.39 is 10.0 Å². The van der Waals surface area contributed by atoms with Gasteiger partial charge in [0.2, 0.25) is 15.9 Å². The predicted octanol–water partition coefficient (Wildman–Crippen LogP) is 0.715. The van der Waals surface area contributed by atoms with Crippen LogP contribution in [0, 0.1) is 12.8 Å². The van der Waals surface area contributed by atoms with Gasteiger partial charge in [-0.3, -0.25) is 14.3 Å². The van der Waals surface area contributed by atoms with Crippen molar-refractivity contribution < 1.29 is 18.0 Å². The lowest BCUT2D eigenvalue weighted by Crippen LogP contribution is -2.46. The summed E-state index contributed by atoms with van der Waals surface area (Å²) in [6, 6.07) is 4.98. The minimum absolute atomic E-state index is 0. The smallest absolute Gasteiger partial charge is 0.256 e. The quantitative estimate of drug-likeness (QED) is 0.628. The molecular formula is C17H27ClN4O4S. The maximum atomic E-state index is 13.0. The zero-order chi connectivity index (χ0) is 19.3. The zero-order valence-corrected chi connectivity index (χ0v) is 17.2. The molecule has 10 heteroatoms. The number of rotatable bonds is 6. The van der Waals surface area contributed by atoms with Crippen molar-refractivity contribution in [2.75, 3.05) is 37.2 Å². The highest BCUT2D eigenvalue weighted by atomic mass is 35.5. The second kappa shape index (κ2) is 9.91. The van der Waals surface area contributed by atoms with E-state index in [1.165, 1.54) is 0 Å². The molecule has 0 bridgehead atoms. The number of nitrogens with zero attached hydrogens (tertiary/aromatic N) is 1. The standard InChI is InChI=1S/C17H26N4O4S.ClH/c1-12-5-6-15(20-26(2,24)25)14(10-12)17(23)21-9-3-4-13(11-21)16(22)19-8-7-18;/h5-6,10,13,20H,3-4,7-9,11,18H2,1-2H3,(H,19,22);1H. The van der Waals surface area contributed by atoms with E-state index in [0.717, 1.165) is 11.8 Å². The van der Waals surface area contributed by atoms with Crippen LogP contribution in [-0.4, -0.2) is 57.6 Å². The molecule has 1 aromatic rings. The second-order valence-corrected chi connectivity index (χ2v) is 8.34. The molecule has 4 N–H and O–H groups in total. The highest BCUT2D eigenvalue weighted by Gasteiger charge is 2.30. The van der Waals surface area contributed by atoms with Gasteiger partial charge < -0.3 is 16.0 Å². The minimum Gasteiger partial charge on any atom is -0.355 e. The number of aryl methyl sites for hydroxylation is 1. The van der Waals surface area contributed by atoms with Crippen molar-refractivity contribution in [3.05, 3.63) is 29.3 Å². The fraction of sp³-hybridized carbons (Fsp3) is 0.529. The van der Waals surface area contributed by atoms with Gasteiger partial charge in [-0.15, -0.1) is 12.4 Å². The molecule has 1 heterocycles. The average molecular weight is 419 g/mol. The Labute approximate surface area is 166 Å². The Kier molecular flexibility index (Phi) is 8.52. The Morgan fingerprint density at radius 3 is 2.67 bits per heavy atom. The molecule has 0 aromatic heterocycles. The highest BCUT2D eigenvalue weighted by molar-refractivity contribution is 7.92. The van der Waals surface area contributed by atoms with Crippen LogP contribution in [0.3, 0.4) is 0 Å². The number of hydrogen-bond donors (Lipinski definition) is 3. The summed E-state index contributed by atoms with van der Waals surface area (Å²) in [5.41, 5.74) is 6.79. The predicted molar refractivity (Wildman–Crippen MR) is 108 cm³/mol. The van der Waals surface area contributed by atoms with E-state index in [0.29, 0.717) is 44.6 Å². The molecule has 2 amide bonds. The Morgan fingerprint density at radius 2 is 2.04 bits per heavy atom. The summed E-state index contributed by atoms with van der Waals surface area (Å²) in [6.07, 6.45) is 2.47. The van der Waals surface area contributed by atoms with Crippen LogP contribution in [0.2, 0.25) is 0 Å². The molecule has 27 heavy (non-hydrogen) atoms. The van der Waals surface area contributed by atoms with Crippen LogP contribution in [0.25, 0.3) is 0 Å². The Balaban J connectivity index is 0.00000364. The van der Waals surface area contributed by atoms with Gasteiger partial charge >= 0.3 is 0 Å². The molecule has 1 saturated heterocycles. The zero-order valence-electron chi connectivity index (χ0n) is 15.5. The number of sulfonamides is 1. The number of amides is 2. The third-order valence-electron chi connectivity index (χ3n) is 4.22. The molecule has 0 saturated carbocycles. The first kappa shape index (κ1) is 23.2. The average Bonchev–Trinajstić information content (AvgIpc) is 2.59. The summed E-state index contributed by atoms with van der Waals surface area (Å²) in [6.45, 7) is 3.45. The van der Waals surface area contributed by atoms with Crippen molar-refractivity contribution in [1.82, 2.24) is 10.2 Å². The SMILES string of the molecule is Cc1ccc(NS(C)(=O)=O)c(C(=O)N2CCCC(C(=O)NCCN)C2)c1.Cl. The van der Waals surface area contributed by atoms with Crippen molar-refractivity contribution in [2.45, 2.75) is 19.8 Å². The van der Waals surface area contributed by atoms with Gasteiger partial charge in [0.05, 0.1) is 23.4 Å². The fourth-order valence-electron chi connectivity index (χ4n) is 3.01. The molecule has 1 fully saturated rings. The molecule has 1 aromatic carbocycles. The monoisotopic (exact) mass is 418 g/mol. The van der Waals surface area contributed by atoms with Crippen molar-refractivity contribution in [3.8, 4) is 0 Å². The number of anilines is 1. The normalized spacial score (nSPS) is 17.0. The molecular weight excluding hydrogens is 392 g/mol. The molecule has 1 atom stereocenters. The Bertz CT molecular complexity index is 785. The summed E-state index contributed by atoms with van der Waals surface area (Å²) < 4.78 is 25.5. The number of piperidine rings is 1. The van der Waals surface area contributed by atoms with Crippen LogP contribution in [-0.2, 0) is 14.8 Å². The van der Waals surface area contributed by atoms with E-state index in [4.69, 9.17) is 5.73 Å². The van der Waals surface area contributed by atoms with Gasteiger partial charge in [0.25, 0.3) is 5.91 Å². The second-order valence-electron chi connectivity index (χ2n) is 6.59. The topological polar surface area (TPSA) is 122 Å². The van der Waals surface area contributed by atoms with Crippen LogP contribution in [0.4, 0.5) is 5.69 Å². The number of hydrogen-bond acceptors (Lipinski definition) is 5. The number of likely N-dealkylation sites (tertiary alicyclic amines) is 1. The van der Waals surface area contributed by atoms with Gasteiger partial charge in [0, 0.05) is 26.2 Å². The molecule has 0 radical (unpaired) electrons. The largest absolute Gasteiger partial charge is 0.355 e. The van der Waals surface area contributed by atoms with E-state index in [1.54, 1.807) is 23.1 Å².